The SMILES string of the molecule is Cc1cccc(C(=O)OCC(=O)N(Cc2ccccc2)[C@@H]2CCS(=O)(=O)C2)c1. The molecule has 3 rings (SSSR count). The second-order valence-corrected chi connectivity index (χ2v) is 9.24. The summed E-state index contributed by atoms with van der Waals surface area (Å²) < 4.78 is 29.0. The Kier molecular flexibility index (Phi) is 6.14. The smallest absolute Gasteiger partial charge is 0.338 e. The van der Waals surface area contributed by atoms with Crippen molar-refractivity contribution in [2.75, 3.05) is 18.1 Å². The zero-order valence-electron chi connectivity index (χ0n) is 15.7. The molecular formula is C21H23NO5S. The Bertz CT molecular complexity index is 956. The van der Waals surface area contributed by atoms with E-state index >= 15 is 0 Å². The molecule has 0 N–H and O–H groups in total. The molecule has 0 aromatic heterocycles. The Hall–Kier alpha value is -2.67. The van der Waals surface area contributed by atoms with Crippen LogP contribution in [0.25, 0.3) is 0 Å². The second kappa shape index (κ2) is 8.56. The van der Waals surface area contributed by atoms with E-state index in [1.165, 1.54) is 4.90 Å². The van der Waals surface area contributed by atoms with Crippen molar-refractivity contribution in [1.82, 2.24) is 4.90 Å². The minimum atomic E-state index is -3.15. The van der Waals surface area contributed by atoms with Crippen LogP contribution < -0.4 is 0 Å². The van der Waals surface area contributed by atoms with Gasteiger partial charge in [0.15, 0.2) is 16.4 Å². The number of aryl methyl sites for hydroxylation is 1. The van der Waals surface area contributed by atoms with Gasteiger partial charge in [-0.1, -0.05) is 48.0 Å². The van der Waals surface area contributed by atoms with Crippen LogP contribution in [0.4, 0.5) is 0 Å². The third kappa shape index (κ3) is 5.19. The van der Waals surface area contributed by atoms with E-state index in [0.29, 0.717) is 12.0 Å². The van der Waals surface area contributed by atoms with Gasteiger partial charge >= 0.3 is 5.97 Å². The predicted molar refractivity (Wildman–Crippen MR) is 106 cm³/mol. The van der Waals surface area contributed by atoms with E-state index < -0.39 is 34.4 Å². The molecular weight excluding hydrogens is 378 g/mol. The summed E-state index contributed by atoms with van der Waals surface area (Å²) in [6.07, 6.45) is 0.396. The lowest BCUT2D eigenvalue weighted by atomic mass is 10.1. The standard InChI is InChI=1S/C21H23NO5S/c1-16-6-5-9-18(12-16)21(24)27-14-20(23)22(13-17-7-3-2-4-8-17)19-10-11-28(25,26)15-19/h2-9,12,19H,10-11,13-15H2,1H3/t19-/m1/s1. The van der Waals surface area contributed by atoms with Gasteiger partial charge in [0.1, 0.15) is 0 Å². The summed E-state index contributed by atoms with van der Waals surface area (Å²) in [5.74, 6) is -0.959. The first-order valence-corrected chi connectivity index (χ1v) is 10.9. The average molecular weight is 401 g/mol. The van der Waals surface area contributed by atoms with Gasteiger partial charge in [0.25, 0.3) is 5.91 Å². The van der Waals surface area contributed by atoms with Crippen LogP contribution in [-0.2, 0) is 25.9 Å². The minimum absolute atomic E-state index is 0.0581. The third-order valence-electron chi connectivity index (χ3n) is 4.75. The highest BCUT2D eigenvalue weighted by Crippen LogP contribution is 2.20. The number of carbonyl (C=O) groups excluding carboxylic acids is 2. The van der Waals surface area contributed by atoms with Crippen LogP contribution >= 0.6 is 0 Å². The number of ether oxygens (including phenoxy) is 1. The molecule has 7 heteroatoms. The van der Waals surface area contributed by atoms with E-state index in [1.54, 1.807) is 18.2 Å². The lowest BCUT2D eigenvalue weighted by Crippen LogP contribution is -2.42. The molecule has 148 valence electrons. The molecule has 28 heavy (non-hydrogen) atoms. The highest BCUT2D eigenvalue weighted by atomic mass is 32.2. The topological polar surface area (TPSA) is 80.8 Å². The fourth-order valence-electron chi connectivity index (χ4n) is 3.29. The van der Waals surface area contributed by atoms with Crippen molar-refractivity contribution >= 4 is 21.7 Å². The number of rotatable bonds is 6. The fourth-order valence-corrected chi connectivity index (χ4v) is 5.02. The molecule has 0 aliphatic carbocycles. The lowest BCUT2D eigenvalue weighted by Gasteiger charge is -2.28. The van der Waals surface area contributed by atoms with E-state index in [4.69, 9.17) is 4.74 Å². The van der Waals surface area contributed by atoms with Crippen molar-refractivity contribution in [3.63, 3.8) is 0 Å². The molecule has 1 atom stereocenters. The van der Waals surface area contributed by atoms with Crippen molar-refractivity contribution in [3.8, 4) is 0 Å². The van der Waals surface area contributed by atoms with Crippen molar-refractivity contribution in [1.29, 1.82) is 0 Å². The van der Waals surface area contributed by atoms with Crippen molar-refractivity contribution in [2.24, 2.45) is 0 Å². The summed E-state index contributed by atoms with van der Waals surface area (Å²) >= 11 is 0. The highest BCUT2D eigenvalue weighted by molar-refractivity contribution is 7.91. The van der Waals surface area contributed by atoms with Crippen molar-refractivity contribution in [2.45, 2.75) is 25.9 Å². The Morgan fingerprint density at radius 2 is 1.86 bits per heavy atom. The van der Waals surface area contributed by atoms with Gasteiger partial charge in [0.05, 0.1) is 17.1 Å². The molecule has 2 aromatic rings. The second-order valence-electron chi connectivity index (χ2n) is 7.01. The molecule has 1 aliphatic heterocycles. The van der Waals surface area contributed by atoms with Gasteiger partial charge < -0.3 is 9.64 Å². The molecule has 1 saturated heterocycles. The number of hydrogen-bond donors (Lipinski definition) is 0. The quantitative estimate of drug-likeness (QED) is 0.694. The number of sulfone groups is 1. The van der Waals surface area contributed by atoms with Gasteiger partial charge in [-0.2, -0.15) is 0 Å². The zero-order valence-corrected chi connectivity index (χ0v) is 16.5. The number of hydrogen-bond acceptors (Lipinski definition) is 5. The van der Waals surface area contributed by atoms with E-state index in [1.807, 2.05) is 43.3 Å². The first-order chi connectivity index (χ1) is 13.3. The van der Waals surface area contributed by atoms with Gasteiger partial charge in [-0.15, -0.1) is 0 Å². The number of esters is 1. The molecule has 1 fully saturated rings. The van der Waals surface area contributed by atoms with Gasteiger partial charge in [-0.25, -0.2) is 13.2 Å². The molecule has 0 spiro atoms. The molecule has 1 aliphatic rings. The van der Waals surface area contributed by atoms with E-state index in [2.05, 4.69) is 0 Å². The molecule has 0 unspecified atom stereocenters. The molecule has 2 aromatic carbocycles. The number of nitrogens with zero attached hydrogens (tertiary/aromatic N) is 1. The lowest BCUT2D eigenvalue weighted by molar-refractivity contribution is -0.137. The highest BCUT2D eigenvalue weighted by Gasteiger charge is 2.35. The Labute approximate surface area is 165 Å². The summed E-state index contributed by atoms with van der Waals surface area (Å²) in [4.78, 5) is 26.5. The van der Waals surface area contributed by atoms with Crippen molar-refractivity contribution in [3.05, 3.63) is 71.3 Å². The van der Waals surface area contributed by atoms with E-state index in [-0.39, 0.29) is 18.1 Å². The van der Waals surface area contributed by atoms with Crippen LogP contribution in [0.15, 0.2) is 54.6 Å². The number of amides is 1. The first kappa shape index (κ1) is 20.1. The van der Waals surface area contributed by atoms with Crippen LogP contribution in [-0.4, -0.2) is 49.3 Å². The normalized spacial score (nSPS) is 17.8. The summed E-state index contributed by atoms with van der Waals surface area (Å²) in [7, 11) is -3.15. The molecule has 0 radical (unpaired) electrons. The van der Waals surface area contributed by atoms with Gasteiger partial charge in [-0.05, 0) is 31.0 Å². The Balaban J connectivity index is 1.70. The van der Waals surface area contributed by atoms with Gasteiger partial charge in [0.2, 0.25) is 0 Å². The number of benzene rings is 2. The first-order valence-electron chi connectivity index (χ1n) is 9.12. The van der Waals surface area contributed by atoms with Crippen LogP contribution in [0.5, 0.6) is 0 Å². The maximum atomic E-state index is 12.8. The van der Waals surface area contributed by atoms with Crippen molar-refractivity contribution < 1.29 is 22.7 Å². The van der Waals surface area contributed by atoms with Gasteiger partial charge in [0, 0.05) is 12.6 Å². The monoisotopic (exact) mass is 401 g/mol. The largest absolute Gasteiger partial charge is 0.452 e. The minimum Gasteiger partial charge on any atom is -0.452 e. The van der Waals surface area contributed by atoms with E-state index in [9.17, 15) is 18.0 Å². The average Bonchev–Trinajstić information content (AvgIpc) is 3.04. The predicted octanol–water partition coefficient (Wildman–Crippen LogP) is 2.37. The third-order valence-corrected chi connectivity index (χ3v) is 6.50. The fraction of sp³-hybridized carbons (Fsp3) is 0.333. The maximum absolute atomic E-state index is 12.8. The summed E-state index contributed by atoms with van der Waals surface area (Å²) in [5.41, 5.74) is 2.19. The maximum Gasteiger partial charge on any atom is 0.338 e. The van der Waals surface area contributed by atoms with Crippen LogP contribution in [0.3, 0.4) is 0 Å². The molecule has 0 bridgehead atoms. The molecule has 6 nitrogen and oxygen atoms in total. The number of carbonyl (C=O) groups is 2. The summed E-state index contributed by atoms with van der Waals surface area (Å²) in [6, 6.07) is 15.9. The summed E-state index contributed by atoms with van der Waals surface area (Å²) in [5, 5.41) is 0. The molecule has 1 amide bonds. The Morgan fingerprint density at radius 1 is 1.11 bits per heavy atom. The molecule has 1 heterocycles. The molecule has 0 saturated carbocycles. The van der Waals surface area contributed by atoms with E-state index in [0.717, 1.165) is 11.1 Å². The summed E-state index contributed by atoms with van der Waals surface area (Å²) in [6.45, 7) is 1.72. The van der Waals surface area contributed by atoms with Gasteiger partial charge in [-0.3, -0.25) is 4.79 Å². The zero-order chi connectivity index (χ0) is 20.1. The van der Waals surface area contributed by atoms with Crippen LogP contribution in [0.1, 0.15) is 27.9 Å². The van der Waals surface area contributed by atoms with Crippen LogP contribution in [0, 0.1) is 6.92 Å². The Morgan fingerprint density at radius 3 is 2.50 bits per heavy atom. The van der Waals surface area contributed by atoms with Crippen LogP contribution in [0.2, 0.25) is 0 Å².